The monoisotopic (exact) mass is 579 g/mol. The third kappa shape index (κ3) is 10.1. The zero-order valence-electron chi connectivity index (χ0n) is 22.2. The molecule has 5 unspecified atom stereocenters. The Morgan fingerprint density at radius 2 is 1.78 bits per heavy atom. The first-order valence-corrected chi connectivity index (χ1v) is 15.1. The summed E-state index contributed by atoms with van der Waals surface area (Å²) in [5.41, 5.74) is -0.120. The minimum atomic E-state index is -2.51. The van der Waals surface area contributed by atoms with Crippen LogP contribution >= 0.6 is 31.2 Å². The topological polar surface area (TPSA) is 113 Å². The lowest BCUT2D eigenvalue weighted by Crippen LogP contribution is -2.44. The molecule has 2 N–H and O–H groups in total. The van der Waals surface area contributed by atoms with Crippen LogP contribution in [0.3, 0.4) is 0 Å². The summed E-state index contributed by atoms with van der Waals surface area (Å²) < 4.78 is 22.0. The molecule has 0 bridgehead atoms. The van der Waals surface area contributed by atoms with E-state index in [1.165, 1.54) is 11.8 Å². The van der Waals surface area contributed by atoms with Crippen LogP contribution in [-0.4, -0.2) is 45.6 Å². The molecule has 0 aromatic heterocycles. The molecule has 1 aliphatic rings. The average molecular weight is 580 g/mol. The Morgan fingerprint density at radius 1 is 1.14 bits per heavy atom. The van der Waals surface area contributed by atoms with Crippen LogP contribution in [0, 0.1) is 17.3 Å². The highest BCUT2D eigenvalue weighted by atomic mass is 35.5. The number of carbonyl (C=O) groups excluding carboxylic acids is 2. The van der Waals surface area contributed by atoms with Crippen molar-refractivity contribution >= 4 is 43.3 Å². The third-order valence-electron chi connectivity index (χ3n) is 6.72. The normalized spacial score (nSPS) is 21.4. The van der Waals surface area contributed by atoms with E-state index in [1.54, 1.807) is 45.9 Å². The van der Waals surface area contributed by atoms with E-state index in [2.05, 4.69) is 0 Å². The molecule has 2 rings (SSSR count). The van der Waals surface area contributed by atoms with E-state index < -0.39 is 44.1 Å². The second kappa shape index (κ2) is 14.2. The van der Waals surface area contributed by atoms with Gasteiger partial charge in [-0.25, -0.2) is 4.79 Å². The Balaban J connectivity index is 2.15. The molecule has 0 aliphatic heterocycles. The zero-order valence-corrected chi connectivity index (χ0v) is 24.7. The largest absolute Gasteiger partial charge is 0.425 e. The van der Waals surface area contributed by atoms with E-state index in [4.69, 9.17) is 32.7 Å². The second-order valence-corrected chi connectivity index (χ2v) is 12.9. The van der Waals surface area contributed by atoms with Gasteiger partial charge in [-0.15, -0.1) is 0 Å². The third-order valence-corrected chi connectivity index (χ3v) is 8.38. The summed E-state index contributed by atoms with van der Waals surface area (Å²) in [5, 5.41) is 11.9. The van der Waals surface area contributed by atoms with Gasteiger partial charge < -0.3 is 19.5 Å². The van der Waals surface area contributed by atoms with Gasteiger partial charge in [0.25, 0.3) is 0 Å². The molecule has 8 nitrogen and oxygen atoms in total. The molecule has 1 aliphatic carbocycles. The number of esters is 1. The molecule has 0 spiro atoms. The van der Waals surface area contributed by atoms with Crippen LogP contribution in [0.1, 0.15) is 84.7 Å². The van der Waals surface area contributed by atoms with Crippen LogP contribution in [0.15, 0.2) is 18.2 Å². The first-order chi connectivity index (χ1) is 17.2. The molecule has 6 atom stereocenters. The maximum absolute atomic E-state index is 13.3. The number of hydrogen-bond acceptors (Lipinski definition) is 6. The van der Waals surface area contributed by atoms with E-state index in [9.17, 15) is 24.2 Å². The summed E-state index contributed by atoms with van der Waals surface area (Å²) >= 11 is 12.2. The predicted molar refractivity (Wildman–Crippen MR) is 145 cm³/mol. The fourth-order valence-electron chi connectivity index (χ4n) is 4.65. The van der Waals surface area contributed by atoms with Crippen LogP contribution in [-0.2, 0) is 18.8 Å². The Hall–Kier alpha value is -1.31. The van der Waals surface area contributed by atoms with Crippen LogP contribution in [0.2, 0.25) is 10.0 Å². The maximum Gasteiger partial charge on any atom is 0.415 e. The fourth-order valence-corrected chi connectivity index (χ4v) is 5.82. The lowest BCUT2D eigenvalue weighted by atomic mass is 9.80. The summed E-state index contributed by atoms with van der Waals surface area (Å²) in [6.45, 7) is 8.28. The number of nitrogens with zero attached hydrogens (tertiary/aromatic N) is 1. The van der Waals surface area contributed by atoms with Gasteiger partial charge in [-0.3, -0.25) is 14.3 Å². The standard InChI is InChI=1S/C26H40Cl2NO7P/c1-16(20-10-11-21(27)22(28)14-20)29(25(32)36-17(2)35-24(31)26(3,4)5)23(30)12-9-18-7-6-8-19(13-18)15-37(33)34/h10-11,14,16-19,23,30,37H,6-9,12-13,15H2,1-5H3,(H,33,34)/t16-,17?,18?,19?,23?/m1/s1. The summed E-state index contributed by atoms with van der Waals surface area (Å²) in [6.07, 6.45) is 1.83. The predicted octanol–water partition coefficient (Wildman–Crippen LogP) is 6.80. The smallest absolute Gasteiger partial charge is 0.415 e. The SMILES string of the molecule is CC(OC(=O)N(C(O)CCC1CCCC(C[PH](=O)O)C1)[C@H](C)c1ccc(Cl)c(Cl)c1)OC(=O)C(C)(C)C. The number of amides is 1. The number of aliphatic hydroxyl groups excluding tert-OH is 1. The lowest BCUT2D eigenvalue weighted by molar-refractivity contribution is -0.177. The Bertz CT molecular complexity index is 955. The van der Waals surface area contributed by atoms with Crippen molar-refractivity contribution in [3.05, 3.63) is 33.8 Å². The van der Waals surface area contributed by atoms with Crippen molar-refractivity contribution in [2.75, 3.05) is 6.16 Å². The number of halogens is 2. The van der Waals surface area contributed by atoms with Crippen LogP contribution in [0.4, 0.5) is 4.79 Å². The van der Waals surface area contributed by atoms with Gasteiger partial charge in [0, 0.05) is 13.1 Å². The maximum atomic E-state index is 13.3. The number of aliphatic hydroxyl groups is 1. The van der Waals surface area contributed by atoms with Crippen molar-refractivity contribution in [1.82, 2.24) is 4.90 Å². The second-order valence-electron chi connectivity index (χ2n) is 10.9. The van der Waals surface area contributed by atoms with Gasteiger partial charge >= 0.3 is 12.1 Å². The molecule has 1 aromatic rings. The molecule has 1 fully saturated rings. The Kier molecular flexibility index (Phi) is 12.2. The highest BCUT2D eigenvalue weighted by Gasteiger charge is 2.33. The number of benzene rings is 1. The molecule has 11 heteroatoms. The molecule has 0 heterocycles. The summed E-state index contributed by atoms with van der Waals surface area (Å²) in [7, 11) is -2.51. The minimum absolute atomic E-state index is 0.210. The Labute approximate surface area is 230 Å². The number of rotatable bonds is 10. The van der Waals surface area contributed by atoms with Crippen molar-refractivity contribution in [1.29, 1.82) is 0 Å². The van der Waals surface area contributed by atoms with E-state index in [-0.39, 0.29) is 5.92 Å². The van der Waals surface area contributed by atoms with E-state index in [1.807, 2.05) is 0 Å². The molecule has 1 aromatic carbocycles. The van der Waals surface area contributed by atoms with E-state index in [0.29, 0.717) is 40.5 Å². The zero-order chi connectivity index (χ0) is 27.9. The molecule has 1 saturated carbocycles. The first-order valence-electron chi connectivity index (χ1n) is 12.7. The number of carbonyl (C=O) groups is 2. The molecule has 0 radical (unpaired) electrons. The number of ether oxygens (including phenoxy) is 2. The Morgan fingerprint density at radius 3 is 2.38 bits per heavy atom. The van der Waals surface area contributed by atoms with E-state index in [0.717, 1.165) is 25.7 Å². The molecular formula is C26H40Cl2NO7P. The van der Waals surface area contributed by atoms with Crippen LogP contribution < -0.4 is 0 Å². The highest BCUT2D eigenvalue weighted by Crippen LogP contribution is 2.37. The molecule has 1 amide bonds. The molecule has 0 saturated heterocycles. The fraction of sp³-hybridized carbons (Fsp3) is 0.692. The van der Waals surface area contributed by atoms with Crippen molar-refractivity contribution < 1.29 is 33.6 Å². The van der Waals surface area contributed by atoms with Crippen molar-refractivity contribution in [2.24, 2.45) is 17.3 Å². The van der Waals surface area contributed by atoms with Gasteiger partial charge in [-0.05, 0) is 82.9 Å². The first kappa shape index (κ1) is 31.9. The minimum Gasteiger partial charge on any atom is -0.425 e. The summed E-state index contributed by atoms with van der Waals surface area (Å²) in [6, 6.07) is 4.35. The van der Waals surface area contributed by atoms with Gasteiger partial charge in [0.2, 0.25) is 6.29 Å². The van der Waals surface area contributed by atoms with Crippen molar-refractivity contribution in [3.63, 3.8) is 0 Å². The van der Waals surface area contributed by atoms with Gasteiger partial charge in [-0.2, -0.15) is 0 Å². The molecule has 37 heavy (non-hydrogen) atoms. The quantitative estimate of drug-likeness (QED) is 0.178. The van der Waals surface area contributed by atoms with Crippen molar-refractivity contribution in [3.8, 4) is 0 Å². The lowest BCUT2D eigenvalue weighted by Gasteiger charge is -2.35. The van der Waals surface area contributed by atoms with Gasteiger partial charge in [-0.1, -0.05) is 42.1 Å². The van der Waals surface area contributed by atoms with E-state index >= 15 is 0 Å². The molecule has 210 valence electrons. The highest BCUT2D eigenvalue weighted by molar-refractivity contribution is 7.38. The number of hydrogen-bond donors (Lipinski definition) is 2. The summed E-state index contributed by atoms with van der Waals surface area (Å²) in [4.78, 5) is 36.0. The van der Waals surface area contributed by atoms with Gasteiger partial charge in [0.05, 0.1) is 21.5 Å². The van der Waals surface area contributed by atoms with Gasteiger partial charge in [0.15, 0.2) is 8.03 Å². The average Bonchev–Trinajstić information content (AvgIpc) is 2.78. The molecular weight excluding hydrogens is 540 g/mol. The van der Waals surface area contributed by atoms with Crippen LogP contribution in [0.5, 0.6) is 0 Å². The van der Waals surface area contributed by atoms with Crippen molar-refractivity contribution in [2.45, 2.75) is 91.7 Å². The van der Waals surface area contributed by atoms with Crippen LogP contribution in [0.25, 0.3) is 0 Å². The van der Waals surface area contributed by atoms with Gasteiger partial charge in [0.1, 0.15) is 6.23 Å². The summed E-state index contributed by atoms with van der Waals surface area (Å²) in [5.74, 6) is -0.0175.